The van der Waals surface area contributed by atoms with Crippen molar-refractivity contribution in [3.63, 3.8) is 0 Å². The fourth-order valence-corrected chi connectivity index (χ4v) is 5.96. The van der Waals surface area contributed by atoms with Gasteiger partial charge >= 0.3 is 12.5 Å². The van der Waals surface area contributed by atoms with E-state index in [1.54, 1.807) is 12.1 Å². The fraction of sp³-hybridized carbons (Fsp3) is 0.379. The number of alkyl halides is 5. The van der Waals surface area contributed by atoms with Crippen LogP contribution in [0.1, 0.15) is 49.7 Å². The van der Waals surface area contributed by atoms with E-state index in [1.807, 2.05) is 12.1 Å². The van der Waals surface area contributed by atoms with Gasteiger partial charge in [0.25, 0.3) is 0 Å². The zero-order valence-electron chi connectivity index (χ0n) is 20.1. The molecular formula is C29H26F6O2. The van der Waals surface area contributed by atoms with Crippen LogP contribution in [0.4, 0.5) is 26.3 Å². The molecule has 0 N–H and O–H groups in total. The second kappa shape index (κ2) is 9.62. The minimum atomic E-state index is -5.11. The van der Waals surface area contributed by atoms with Crippen LogP contribution >= 0.6 is 0 Å². The lowest BCUT2D eigenvalue weighted by atomic mass is 9.91. The molecule has 0 spiro atoms. The minimum absolute atomic E-state index is 0.420. The molecule has 2 aliphatic rings. The second-order valence-corrected chi connectivity index (χ2v) is 10.2. The summed E-state index contributed by atoms with van der Waals surface area (Å²) in [6, 6.07) is 15.5. The summed E-state index contributed by atoms with van der Waals surface area (Å²) >= 11 is 0. The Bertz CT molecular complexity index is 1220. The molecule has 0 amide bonds. The molecule has 0 saturated heterocycles. The van der Waals surface area contributed by atoms with E-state index in [9.17, 15) is 26.3 Å². The van der Waals surface area contributed by atoms with Crippen LogP contribution in [0.5, 0.6) is 11.5 Å². The fourth-order valence-electron chi connectivity index (χ4n) is 5.96. The van der Waals surface area contributed by atoms with Crippen LogP contribution in [0, 0.1) is 23.6 Å². The highest BCUT2D eigenvalue weighted by molar-refractivity contribution is 5.64. The molecule has 3 aromatic rings. The molecule has 2 nitrogen and oxygen atoms in total. The number of ether oxygens (including phenoxy) is 2. The molecular weight excluding hydrogens is 494 g/mol. The zero-order chi connectivity index (χ0) is 26.4. The molecule has 2 fully saturated rings. The largest absolute Gasteiger partial charge is 0.573 e. The Kier molecular flexibility index (Phi) is 6.62. The van der Waals surface area contributed by atoms with Gasteiger partial charge in [0.1, 0.15) is 5.75 Å². The summed E-state index contributed by atoms with van der Waals surface area (Å²) in [5.41, 5.74) is 2.49. The second-order valence-electron chi connectivity index (χ2n) is 10.2. The highest BCUT2D eigenvalue weighted by atomic mass is 19.4. The maximum Gasteiger partial charge on any atom is 0.573 e. The first-order valence-corrected chi connectivity index (χ1v) is 12.3. The first-order valence-electron chi connectivity index (χ1n) is 12.3. The van der Waals surface area contributed by atoms with Crippen LogP contribution in [0.2, 0.25) is 0 Å². The lowest BCUT2D eigenvalue weighted by molar-refractivity contribution is -0.275. The van der Waals surface area contributed by atoms with Crippen molar-refractivity contribution in [3.8, 4) is 22.6 Å². The number of halogens is 6. The highest BCUT2D eigenvalue weighted by Crippen LogP contribution is 2.52. The van der Waals surface area contributed by atoms with E-state index in [4.69, 9.17) is 0 Å². The van der Waals surface area contributed by atoms with Crippen molar-refractivity contribution in [2.45, 2.75) is 51.0 Å². The molecule has 2 unspecified atom stereocenters. The molecule has 0 aromatic heterocycles. The first kappa shape index (κ1) is 25.5. The van der Waals surface area contributed by atoms with E-state index in [-0.39, 0.29) is 0 Å². The lowest BCUT2D eigenvalue weighted by Gasteiger charge is -2.19. The van der Waals surface area contributed by atoms with Gasteiger partial charge in [-0.1, -0.05) is 43.3 Å². The number of hydrogen-bond donors (Lipinski definition) is 0. The van der Waals surface area contributed by atoms with Gasteiger partial charge in [0.05, 0.1) is 5.56 Å². The van der Waals surface area contributed by atoms with E-state index in [0.717, 1.165) is 34.9 Å². The van der Waals surface area contributed by atoms with Crippen molar-refractivity contribution in [2.75, 3.05) is 0 Å². The summed E-state index contributed by atoms with van der Waals surface area (Å²) in [4.78, 5) is 0. The Labute approximate surface area is 211 Å². The van der Waals surface area contributed by atoms with Crippen LogP contribution in [0.15, 0.2) is 66.7 Å². The Morgan fingerprint density at radius 2 is 1.27 bits per heavy atom. The smallest absolute Gasteiger partial charge is 0.429 e. The molecule has 5 rings (SSSR count). The quantitative estimate of drug-likeness (QED) is 0.302. The van der Waals surface area contributed by atoms with Gasteiger partial charge in [-0.05, 0) is 90.3 Å². The molecule has 0 bridgehead atoms. The molecule has 196 valence electrons. The monoisotopic (exact) mass is 520 g/mol. The Morgan fingerprint density at radius 1 is 0.703 bits per heavy atom. The number of hydrogen-bond acceptors (Lipinski definition) is 2. The number of rotatable bonds is 6. The summed E-state index contributed by atoms with van der Waals surface area (Å²) < 4.78 is 88.1. The van der Waals surface area contributed by atoms with Gasteiger partial charge in [0.15, 0.2) is 11.6 Å². The molecule has 37 heavy (non-hydrogen) atoms. The average Bonchev–Trinajstić information content (AvgIpc) is 3.38. The van der Waals surface area contributed by atoms with Crippen LogP contribution in [0.25, 0.3) is 11.1 Å². The predicted molar refractivity (Wildman–Crippen MR) is 127 cm³/mol. The Balaban J connectivity index is 1.24. The van der Waals surface area contributed by atoms with Crippen LogP contribution in [-0.2, 0) is 6.11 Å². The number of benzene rings is 3. The van der Waals surface area contributed by atoms with E-state index < -0.39 is 35.4 Å². The molecule has 2 aliphatic carbocycles. The maximum atomic E-state index is 14.7. The van der Waals surface area contributed by atoms with Gasteiger partial charge in [-0.3, -0.25) is 0 Å². The minimum Gasteiger partial charge on any atom is -0.429 e. The summed E-state index contributed by atoms with van der Waals surface area (Å²) in [5.74, 6) is -0.171. The zero-order valence-corrected chi connectivity index (χ0v) is 20.1. The van der Waals surface area contributed by atoms with E-state index in [1.165, 1.54) is 43.4 Å². The summed E-state index contributed by atoms with van der Waals surface area (Å²) in [6.07, 6.45) is -3.82. The Morgan fingerprint density at radius 3 is 1.81 bits per heavy atom. The van der Waals surface area contributed by atoms with Crippen LogP contribution < -0.4 is 9.47 Å². The van der Waals surface area contributed by atoms with Crippen molar-refractivity contribution >= 4 is 0 Å². The molecule has 2 atom stereocenters. The van der Waals surface area contributed by atoms with Gasteiger partial charge in [0, 0.05) is 6.07 Å². The lowest BCUT2D eigenvalue weighted by Crippen LogP contribution is -2.22. The predicted octanol–water partition coefficient (Wildman–Crippen LogP) is 9.06. The van der Waals surface area contributed by atoms with Gasteiger partial charge in [-0.15, -0.1) is 13.2 Å². The van der Waals surface area contributed by atoms with Crippen molar-refractivity contribution < 1.29 is 35.8 Å². The van der Waals surface area contributed by atoms with Gasteiger partial charge < -0.3 is 9.47 Å². The van der Waals surface area contributed by atoms with Gasteiger partial charge in [-0.2, -0.15) is 8.78 Å². The topological polar surface area (TPSA) is 18.5 Å². The van der Waals surface area contributed by atoms with Crippen molar-refractivity contribution in [2.24, 2.45) is 17.8 Å². The van der Waals surface area contributed by atoms with E-state index in [2.05, 4.69) is 28.5 Å². The van der Waals surface area contributed by atoms with Crippen molar-refractivity contribution in [1.82, 2.24) is 0 Å². The van der Waals surface area contributed by atoms with E-state index >= 15 is 0 Å². The third-order valence-electron chi connectivity index (χ3n) is 7.56. The maximum absolute atomic E-state index is 14.7. The SMILES string of the molecule is CC1CC2CC(c3ccc(-c4ccc(C(F)(F)Oc5ccc(OC(F)(F)F)c(F)c5)cc4)cc3)CC2C1. The Hall–Kier alpha value is -3.16. The molecule has 2 saturated carbocycles. The molecule has 3 aromatic carbocycles. The van der Waals surface area contributed by atoms with Gasteiger partial charge in [0.2, 0.25) is 0 Å². The molecule has 0 aliphatic heterocycles. The summed E-state index contributed by atoms with van der Waals surface area (Å²) in [6.45, 7) is 2.34. The third-order valence-corrected chi connectivity index (χ3v) is 7.56. The van der Waals surface area contributed by atoms with Crippen molar-refractivity contribution in [1.29, 1.82) is 0 Å². The first-order chi connectivity index (χ1) is 17.5. The normalized spacial score (nSPS) is 23.6. The number of fused-ring (bicyclic) bond motifs is 1. The van der Waals surface area contributed by atoms with Crippen LogP contribution in [-0.4, -0.2) is 6.36 Å². The average molecular weight is 521 g/mol. The highest BCUT2D eigenvalue weighted by Gasteiger charge is 2.40. The van der Waals surface area contributed by atoms with Gasteiger partial charge in [-0.25, -0.2) is 4.39 Å². The third kappa shape index (κ3) is 5.73. The van der Waals surface area contributed by atoms with Crippen molar-refractivity contribution in [3.05, 3.63) is 83.7 Å². The summed E-state index contributed by atoms with van der Waals surface area (Å²) in [5, 5.41) is 0. The summed E-state index contributed by atoms with van der Waals surface area (Å²) in [7, 11) is 0. The van der Waals surface area contributed by atoms with E-state index in [0.29, 0.717) is 18.1 Å². The molecule has 0 radical (unpaired) electrons. The molecule has 8 heteroatoms. The van der Waals surface area contributed by atoms with Crippen LogP contribution in [0.3, 0.4) is 0 Å². The standard InChI is InChI=1S/C29H26F6O2/c1-17-12-21-14-23(15-22(21)13-17)20-4-2-18(3-5-20)19-6-8-24(9-7-19)28(31,32)36-25-10-11-27(26(30)16-25)37-29(33,34)35/h2-11,16-17,21-23H,12-15H2,1H3. The molecule has 0 heterocycles.